The number of anilines is 1. The molecule has 3 heterocycles. The molecule has 2 aromatic carbocycles. The smallest absolute Gasteiger partial charge is 0.300 e. The second-order valence-electron chi connectivity index (χ2n) is 6.91. The third kappa shape index (κ3) is 2.48. The van der Waals surface area contributed by atoms with Crippen molar-refractivity contribution in [2.75, 3.05) is 16.8 Å². The van der Waals surface area contributed by atoms with Gasteiger partial charge >= 0.3 is 0 Å². The van der Waals surface area contributed by atoms with Gasteiger partial charge < -0.3 is 5.32 Å². The molecule has 0 saturated carbocycles. The summed E-state index contributed by atoms with van der Waals surface area (Å²) in [6.45, 7) is 0. The first-order chi connectivity index (χ1) is 13.0. The van der Waals surface area contributed by atoms with Crippen LogP contribution in [0.5, 0.6) is 0 Å². The fourth-order valence-corrected chi connectivity index (χ4v) is 5.68. The van der Waals surface area contributed by atoms with E-state index in [9.17, 15) is 13.2 Å². The number of hydrogen-bond donors (Lipinski definition) is 1. The minimum absolute atomic E-state index is 0.0656. The molecule has 1 aromatic heterocycles. The highest BCUT2D eigenvalue weighted by Gasteiger charge is 2.48. The van der Waals surface area contributed by atoms with E-state index in [0.717, 1.165) is 11.3 Å². The first-order valence-electron chi connectivity index (χ1n) is 8.63. The maximum Gasteiger partial charge on any atom is 0.300 e. The van der Waals surface area contributed by atoms with Gasteiger partial charge in [-0.25, -0.2) is 13.1 Å². The van der Waals surface area contributed by atoms with Gasteiger partial charge in [-0.1, -0.05) is 42.5 Å². The van der Waals surface area contributed by atoms with Crippen LogP contribution >= 0.6 is 0 Å². The van der Waals surface area contributed by atoms with E-state index in [2.05, 4.69) is 15.4 Å². The standard InChI is InChI=1S/C19H16N4O3S/c24-18-16(13-6-2-1-3-7-13)22-23-17(20-18)14-8-4-5-9-15(14)21-19(23)10-11-27(25,26)12-19/h1-9,21H,10-12H2/t19-/m0/s1. The summed E-state index contributed by atoms with van der Waals surface area (Å²) in [4.78, 5) is 17.0. The fraction of sp³-hybridized carbons (Fsp3) is 0.211. The third-order valence-electron chi connectivity index (χ3n) is 5.08. The van der Waals surface area contributed by atoms with Gasteiger partial charge in [0, 0.05) is 23.2 Å². The van der Waals surface area contributed by atoms with E-state index in [0.29, 0.717) is 17.8 Å². The average molecular weight is 380 g/mol. The molecule has 0 aliphatic carbocycles. The van der Waals surface area contributed by atoms with Gasteiger partial charge in [0.15, 0.2) is 21.4 Å². The number of fused-ring (bicyclic) bond motifs is 4. The Balaban J connectivity index is 1.81. The summed E-state index contributed by atoms with van der Waals surface area (Å²) in [5.74, 6) is 0.370. The van der Waals surface area contributed by atoms with Crippen LogP contribution in [-0.4, -0.2) is 34.7 Å². The molecule has 2 aliphatic heterocycles. The molecule has 1 saturated heterocycles. The molecular weight excluding hydrogens is 364 g/mol. The van der Waals surface area contributed by atoms with Gasteiger partial charge in [-0.3, -0.25) is 4.79 Å². The molecule has 136 valence electrons. The Morgan fingerprint density at radius 3 is 2.52 bits per heavy atom. The lowest BCUT2D eigenvalue weighted by molar-refractivity contribution is 0.332. The molecule has 7 nitrogen and oxygen atoms in total. The molecule has 0 amide bonds. The summed E-state index contributed by atoms with van der Waals surface area (Å²) in [5.41, 5.74) is 0.990. The van der Waals surface area contributed by atoms with E-state index >= 15 is 0 Å². The maximum absolute atomic E-state index is 12.7. The number of para-hydroxylation sites is 1. The van der Waals surface area contributed by atoms with Crippen molar-refractivity contribution in [2.24, 2.45) is 0 Å². The summed E-state index contributed by atoms with van der Waals surface area (Å²) in [6, 6.07) is 16.5. The van der Waals surface area contributed by atoms with Gasteiger partial charge in [0.05, 0.1) is 11.5 Å². The molecule has 1 atom stereocenters. The zero-order chi connectivity index (χ0) is 18.6. The van der Waals surface area contributed by atoms with Gasteiger partial charge in [-0.2, -0.15) is 10.1 Å². The minimum Gasteiger partial charge on any atom is -0.360 e. The summed E-state index contributed by atoms with van der Waals surface area (Å²) in [6.07, 6.45) is 0.364. The molecule has 1 fully saturated rings. The van der Waals surface area contributed by atoms with Crippen molar-refractivity contribution in [3.63, 3.8) is 0 Å². The van der Waals surface area contributed by atoms with Crippen LogP contribution in [0.15, 0.2) is 59.4 Å². The predicted molar refractivity (Wildman–Crippen MR) is 102 cm³/mol. The van der Waals surface area contributed by atoms with Crippen LogP contribution in [0.2, 0.25) is 0 Å². The Morgan fingerprint density at radius 1 is 1.04 bits per heavy atom. The highest BCUT2D eigenvalue weighted by molar-refractivity contribution is 7.91. The van der Waals surface area contributed by atoms with Crippen LogP contribution in [0.4, 0.5) is 5.69 Å². The van der Waals surface area contributed by atoms with Gasteiger partial charge in [0.2, 0.25) is 0 Å². The van der Waals surface area contributed by atoms with Crippen molar-refractivity contribution < 1.29 is 8.42 Å². The first kappa shape index (κ1) is 16.2. The number of nitrogens with zero attached hydrogens (tertiary/aromatic N) is 3. The molecule has 1 spiro atoms. The van der Waals surface area contributed by atoms with E-state index in [1.54, 1.807) is 16.8 Å². The second kappa shape index (κ2) is 5.50. The number of nitrogens with one attached hydrogen (secondary N) is 1. The molecular formula is C19H16N4O3S. The van der Waals surface area contributed by atoms with Crippen LogP contribution in [0.1, 0.15) is 6.42 Å². The van der Waals surface area contributed by atoms with Crippen LogP contribution < -0.4 is 10.9 Å². The van der Waals surface area contributed by atoms with E-state index in [1.165, 1.54) is 0 Å². The lowest BCUT2D eigenvalue weighted by atomic mass is 10.0. The van der Waals surface area contributed by atoms with Crippen molar-refractivity contribution in [3.8, 4) is 22.6 Å². The minimum atomic E-state index is -3.22. The Kier molecular flexibility index (Phi) is 3.30. The van der Waals surface area contributed by atoms with Crippen molar-refractivity contribution in [2.45, 2.75) is 12.1 Å². The largest absolute Gasteiger partial charge is 0.360 e. The number of hydrogen-bond acceptors (Lipinski definition) is 6. The molecule has 1 N–H and O–H groups in total. The molecule has 8 heteroatoms. The topological polar surface area (TPSA) is 93.9 Å². The molecule has 3 aromatic rings. The van der Waals surface area contributed by atoms with Crippen LogP contribution in [0, 0.1) is 0 Å². The lowest BCUT2D eigenvalue weighted by Crippen LogP contribution is -2.48. The number of benzene rings is 2. The van der Waals surface area contributed by atoms with E-state index < -0.39 is 21.1 Å². The Labute approximate surface area is 155 Å². The van der Waals surface area contributed by atoms with Gasteiger partial charge in [-0.15, -0.1) is 0 Å². The predicted octanol–water partition coefficient (Wildman–Crippen LogP) is 1.87. The summed E-state index contributed by atoms with van der Waals surface area (Å²) >= 11 is 0. The van der Waals surface area contributed by atoms with Gasteiger partial charge in [0.1, 0.15) is 5.66 Å². The zero-order valence-electron chi connectivity index (χ0n) is 14.3. The number of aromatic nitrogens is 3. The van der Waals surface area contributed by atoms with Gasteiger partial charge in [0.25, 0.3) is 5.56 Å². The number of sulfone groups is 1. The third-order valence-corrected chi connectivity index (χ3v) is 6.83. The van der Waals surface area contributed by atoms with E-state index in [-0.39, 0.29) is 17.2 Å². The fourth-order valence-electron chi connectivity index (χ4n) is 3.83. The van der Waals surface area contributed by atoms with E-state index in [4.69, 9.17) is 0 Å². The van der Waals surface area contributed by atoms with Crippen LogP contribution in [0.3, 0.4) is 0 Å². The normalized spacial score (nSPS) is 22.1. The molecule has 0 bridgehead atoms. The second-order valence-corrected chi connectivity index (χ2v) is 9.10. The molecule has 0 unspecified atom stereocenters. The first-order valence-corrected chi connectivity index (χ1v) is 10.4. The Morgan fingerprint density at radius 2 is 1.78 bits per heavy atom. The van der Waals surface area contributed by atoms with Crippen LogP contribution in [-0.2, 0) is 15.5 Å². The Bertz CT molecular complexity index is 1220. The van der Waals surface area contributed by atoms with Crippen molar-refractivity contribution >= 4 is 15.5 Å². The highest BCUT2D eigenvalue weighted by Crippen LogP contribution is 2.41. The van der Waals surface area contributed by atoms with Crippen molar-refractivity contribution in [3.05, 3.63) is 65.0 Å². The Hall–Kier alpha value is -3.00. The number of rotatable bonds is 1. The highest BCUT2D eigenvalue weighted by atomic mass is 32.2. The maximum atomic E-state index is 12.7. The SMILES string of the molecule is O=c1nc2n(nc1-c1ccccc1)[C@]1(CCS(=O)(=O)C1)Nc1ccccc1-2. The molecule has 2 aliphatic rings. The summed E-state index contributed by atoms with van der Waals surface area (Å²) in [5, 5.41) is 7.96. The van der Waals surface area contributed by atoms with E-state index in [1.807, 2.05) is 42.5 Å². The average Bonchev–Trinajstić information content (AvgIpc) is 2.97. The van der Waals surface area contributed by atoms with Crippen LogP contribution in [0.25, 0.3) is 22.6 Å². The van der Waals surface area contributed by atoms with Gasteiger partial charge in [-0.05, 0) is 12.1 Å². The molecule has 27 heavy (non-hydrogen) atoms. The molecule has 0 radical (unpaired) electrons. The zero-order valence-corrected chi connectivity index (χ0v) is 15.1. The molecule has 5 rings (SSSR count). The lowest BCUT2D eigenvalue weighted by Gasteiger charge is -2.38. The quantitative estimate of drug-likeness (QED) is 0.693. The van der Waals surface area contributed by atoms with Crippen molar-refractivity contribution in [1.29, 1.82) is 0 Å². The monoisotopic (exact) mass is 380 g/mol. The summed E-state index contributed by atoms with van der Waals surface area (Å²) in [7, 11) is -3.22. The van der Waals surface area contributed by atoms with Crippen molar-refractivity contribution in [1.82, 2.24) is 14.8 Å². The summed E-state index contributed by atoms with van der Waals surface area (Å²) < 4.78 is 26.2.